The van der Waals surface area contributed by atoms with Crippen molar-refractivity contribution in [3.63, 3.8) is 0 Å². The predicted octanol–water partition coefficient (Wildman–Crippen LogP) is 6.42. The topological polar surface area (TPSA) is 59.8 Å². The Bertz CT molecular complexity index is 1400. The molecule has 0 radical (unpaired) electrons. The minimum absolute atomic E-state index is 0.130. The number of carbonyl (C=O) groups is 1. The van der Waals surface area contributed by atoms with Crippen molar-refractivity contribution in [2.75, 3.05) is 6.61 Å². The van der Waals surface area contributed by atoms with Crippen LogP contribution in [0.25, 0.3) is 11.0 Å². The van der Waals surface area contributed by atoms with Gasteiger partial charge >= 0.3 is 0 Å². The number of unbranched alkanes of at least 4 members (excludes halogenated alkanes) is 2. The van der Waals surface area contributed by atoms with E-state index in [0.29, 0.717) is 29.7 Å². The third-order valence-corrected chi connectivity index (χ3v) is 6.56. The second-order valence-electron chi connectivity index (χ2n) is 9.12. The number of nitrogens with zero attached hydrogens (tertiary/aromatic N) is 1. The van der Waals surface area contributed by atoms with Crippen molar-refractivity contribution in [2.45, 2.75) is 45.7 Å². The van der Waals surface area contributed by atoms with Crippen LogP contribution in [0.15, 0.2) is 82.0 Å². The van der Waals surface area contributed by atoms with Gasteiger partial charge in [-0.3, -0.25) is 9.59 Å². The Labute approximate surface area is 205 Å². The average molecular weight is 468 g/mol. The summed E-state index contributed by atoms with van der Waals surface area (Å²) in [5, 5.41) is 0.483. The molecule has 1 unspecified atom stereocenters. The van der Waals surface area contributed by atoms with Crippen LogP contribution in [0, 0.1) is 6.92 Å². The minimum Gasteiger partial charge on any atom is -0.494 e. The van der Waals surface area contributed by atoms with Gasteiger partial charge < -0.3 is 14.1 Å². The molecule has 0 aliphatic carbocycles. The molecule has 1 aliphatic heterocycles. The van der Waals surface area contributed by atoms with Crippen molar-refractivity contribution < 1.29 is 13.9 Å². The summed E-state index contributed by atoms with van der Waals surface area (Å²) in [6.07, 6.45) is 3.30. The van der Waals surface area contributed by atoms with Crippen molar-refractivity contribution in [3.8, 4) is 5.75 Å². The van der Waals surface area contributed by atoms with Gasteiger partial charge in [-0.25, -0.2) is 0 Å². The lowest BCUT2D eigenvalue weighted by atomic mass is 9.98. The number of fused-ring (bicyclic) bond motifs is 2. The van der Waals surface area contributed by atoms with Crippen LogP contribution in [0.5, 0.6) is 5.75 Å². The van der Waals surface area contributed by atoms with Gasteiger partial charge in [0.1, 0.15) is 11.3 Å². The standard InChI is InChI=1S/C30H29NO4/c1-3-4-7-18-34-23-16-14-22(15-17-23)27-26-28(32)24-8-5-6-9-25(24)35-29(26)30(33)31(27)19-21-12-10-20(2)11-13-21/h5-6,8-17,27H,3-4,7,18-19H2,1-2H3. The largest absolute Gasteiger partial charge is 0.494 e. The molecule has 0 saturated carbocycles. The number of aryl methyl sites for hydroxylation is 1. The maximum Gasteiger partial charge on any atom is 0.291 e. The van der Waals surface area contributed by atoms with E-state index < -0.39 is 6.04 Å². The first kappa shape index (κ1) is 22.9. The van der Waals surface area contributed by atoms with Crippen LogP contribution in [0.2, 0.25) is 0 Å². The first-order chi connectivity index (χ1) is 17.1. The molecule has 2 heterocycles. The lowest BCUT2D eigenvalue weighted by Crippen LogP contribution is -2.29. The molecule has 1 aromatic heterocycles. The minimum atomic E-state index is -0.534. The van der Waals surface area contributed by atoms with Crippen molar-refractivity contribution in [2.24, 2.45) is 0 Å². The van der Waals surface area contributed by atoms with Gasteiger partial charge in [0.25, 0.3) is 5.91 Å². The average Bonchev–Trinajstić information content (AvgIpc) is 3.15. The third-order valence-electron chi connectivity index (χ3n) is 6.56. The van der Waals surface area contributed by atoms with Crippen LogP contribution < -0.4 is 10.2 Å². The molecule has 1 amide bonds. The number of hydrogen-bond donors (Lipinski definition) is 0. The molecule has 0 saturated heterocycles. The summed E-state index contributed by atoms with van der Waals surface area (Å²) < 4.78 is 11.9. The zero-order valence-corrected chi connectivity index (χ0v) is 20.1. The second-order valence-corrected chi connectivity index (χ2v) is 9.12. The lowest BCUT2D eigenvalue weighted by molar-refractivity contribution is 0.0714. The van der Waals surface area contributed by atoms with E-state index in [9.17, 15) is 9.59 Å². The van der Waals surface area contributed by atoms with Gasteiger partial charge in [0.15, 0.2) is 5.43 Å². The fourth-order valence-corrected chi connectivity index (χ4v) is 4.66. The summed E-state index contributed by atoms with van der Waals surface area (Å²) >= 11 is 0. The van der Waals surface area contributed by atoms with Crippen molar-refractivity contribution in [1.29, 1.82) is 0 Å². The smallest absolute Gasteiger partial charge is 0.291 e. The highest BCUT2D eigenvalue weighted by Gasteiger charge is 2.42. The van der Waals surface area contributed by atoms with E-state index in [1.165, 1.54) is 0 Å². The molecule has 0 spiro atoms. The van der Waals surface area contributed by atoms with E-state index in [0.717, 1.165) is 41.7 Å². The van der Waals surface area contributed by atoms with Gasteiger partial charge in [0, 0.05) is 6.54 Å². The predicted molar refractivity (Wildman–Crippen MR) is 137 cm³/mol. The van der Waals surface area contributed by atoms with Crippen molar-refractivity contribution in [3.05, 3.63) is 111 Å². The van der Waals surface area contributed by atoms with Crippen molar-refractivity contribution in [1.82, 2.24) is 4.90 Å². The molecule has 0 bridgehead atoms. The Balaban J connectivity index is 1.55. The quantitative estimate of drug-likeness (QED) is 0.281. The number of rotatable bonds is 8. The van der Waals surface area contributed by atoms with Gasteiger partial charge in [-0.15, -0.1) is 0 Å². The van der Waals surface area contributed by atoms with Crippen LogP contribution in [0.1, 0.15) is 65.0 Å². The van der Waals surface area contributed by atoms with Crippen LogP contribution >= 0.6 is 0 Å². The van der Waals surface area contributed by atoms with E-state index >= 15 is 0 Å². The van der Waals surface area contributed by atoms with Gasteiger partial charge in [-0.2, -0.15) is 0 Å². The highest BCUT2D eigenvalue weighted by atomic mass is 16.5. The van der Waals surface area contributed by atoms with Crippen LogP contribution in [0.3, 0.4) is 0 Å². The van der Waals surface area contributed by atoms with Crippen LogP contribution in [0.4, 0.5) is 0 Å². The molecule has 35 heavy (non-hydrogen) atoms. The summed E-state index contributed by atoms with van der Waals surface area (Å²) in [5.41, 5.74) is 3.67. The first-order valence-electron chi connectivity index (χ1n) is 12.2. The fourth-order valence-electron chi connectivity index (χ4n) is 4.66. The molecular formula is C30H29NO4. The zero-order valence-electron chi connectivity index (χ0n) is 20.1. The van der Waals surface area contributed by atoms with Gasteiger partial charge in [-0.1, -0.05) is 73.9 Å². The van der Waals surface area contributed by atoms with E-state index in [1.807, 2.05) is 61.5 Å². The third kappa shape index (κ3) is 4.46. The Morgan fingerprint density at radius 3 is 2.40 bits per heavy atom. The Morgan fingerprint density at radius 2 is 1.66 bits per heavy atom. The molecule has 4 aromatic rings. The normalized spacial score (nSPS) is 15.0. The first-order valence-corrected chi connectivity index (χ1v) is 12.2. The van der Waals surface area contributed by atoms with E-state index in [2.05, 4.69) is 6.92 Å². The molecule has 1 atom stereocenters. The maximum atomic E-state index is 13.6. The summed E-state index contributed by atoms with van der Waals surface area (Å²) in [6, 6.07) is 22.4. The van der Waals surface area contributed by atoms with Gasteiger partial charge in [0.05, 0.1) is 23.6 Å². The van der Waals surface area contributed by atoms with E-state index in [-0.39, 0.29) is 17.1 Å². The molecule has 0 N–H and O–H groups in total. The maximum absolute atomic E-state index is 13.6. The van der Waals surface area contributed by atoms with E-state index in [4.69, 9.17) is 9.15 Å². The lowest BCUT2D eigenvalue weighted by Gasteiger charge is -2.25. The Hall–Kier alpha value is -3.86. The molecule has 178 valence electrons. The zero-order chi connectivity index (χ0) is 24.4. The SMILES string of the molecule is CCCCCOc1ccc(C2c3c(oc4ccccc4c3=O)C(=O)N2Cc2ccc(C)cc2)cc1. The van der Waals surface area contributed by atoms with Gasteiger partial charge in [0.2, 0.25) is 5.76 Å². The number of ether oxygens (including phenoxy) is 1. The number of para-hydroxylation sites is 1. The monoisotopic (exact) mass is 467 g/mol. The molecule has 5 rings (SSSR count). The fraction of sp³-hybridized carbons (Fsp3) is 0.267. The highest BCUT2D eigenvalue weighted by molar-refractivity contribution is 5.99. The summed E-state index contributed by atoms with van der Waals surface area (Å²) in [6.45, 7) is 5.24. The molecule has 1 aliphatic rings. The van der Waals surface area contributed by atoms with E-state index in [1.54, 1.807) is 23.1 Å². The molecule has 5 nitrogen and oxygen atoms in total. The summed E-state index contributed by atoms with van der Waals surface area (Å²) in [4.78, 5) is 28.9. The summed E-state index contributed by atoms with van der Waals surface area (Å²) in [7, 11) is 0. The molecule has 0 fully saturated rings. The van der Waals surface area contributed by atoms with Crippen LogP contribution in [-0.2, 0) is 6.54 Å². The molecule has 3 aromatic carbocycles. The molecule has 5 heteroatoms. The highest BCUT2D eigenvalue weighted by Crippen LogP contribution is 2.39. The van der Waals surface area contributed by atoms with Crippen LogP contribution in [-0.4, -0.2) is 17.4 Å². The summed E-state index contributed by atoms with van der Waals surface area (Å²) in [5.74, 6) is 0.643. The Kier molecular flexibility index (Phi) is 6.41. The second kappa shape index (κ2) is 9.79. The number of benzene rings is 3. The van der Waals surface area contributed by atoms with Crippen molar-refractivity contribution >= 4 is 16.9 Å². The molecular weight excluding hydrogens is 438 g/mol. The number of amides is 1. The van der Waals surface area contributed by atoms with Gasteiger partial charge in [-0.05, 0) is 48.7 Å². The number of hydrogen-bond acceptors (Lipinski definition) is 4. The number of carbonyl (C=O) groups excluding carboxylic acids is 1. The Morgan fingerprint density at radius 1 is 0.914 bits per heavy atom.